The fourth-order valence-corrected chi connectivity index (χ4v) is 6.04. The van der Waals surface area contributed by atoms with Gasteiger partial charge in [0, 0.05) is 43.9 Å². The zero-order chi connectivity index (χ0) is 24.6. The molecule has 0 radical (unpaired) electrons. The number of benzene rings is 3. The molecule has 0 aliphatic heterocycles. The average molecular weight is 537 g/mol. The lowest BCUT2D eigenvalue weighted by atomic mass is 9.99. The molecule has 0 spiro atoms. The molecule has 3 aromatic carbocycles. The minimum atomic E-state index is 0.987. The predicted molar refractivity (Wildman–Crippen MR) is 158 cm³/mol. The first-order valence-electron chi connectivity index (χ1n) is 13.1. The Labute approximate surface area is 220 Å². The van der Waals surface area contributed by atoms with Crippen molar-refractivity contribution in [2.75, 3.05) is 0 Å². The van der Waals surface area contributed by atoms with E-state index >= 15 is 0 Å². The molecule has 0 bridgehead atoms. The molecule has 2 aliphatic rings. The minimum Gasteiger partial charge on any atom is -0.460 e. The normalized spacial score (nSPS) is 15.0. The smallest absolute Gasteiger partial charge is 0.142 e. The summed E-state index contributed by atoms with van der Waals surface area (Å²) >= 11 is 3.77. The van der Waals surface area contributed by atoms with Crippen molar-refractivity contribution in [3.05, 3.63) is 94.7 Å². The molecule has 36 heavy (non-hydrogen) atoms. The number of hydrogen-bond acceptors (Lipinski definition) is 1. The maximum absolute atomic E-state index is 6.52. The van der Waals surface area contributed by atoms with Crippen molar-refractivity contribution < 1.29 is 4.42 Å². The van der Waals surface area contributed by atoms with Crippen LogP contribution < -0.4 is 0 Å². The van der Waals surface area contributed by atoms with Gasteiger partial charge in [0.2, 0.25) is 0 Å². The molecule has 7 rings (SSSR count). The van der Waals surface area contributed by atoms with E-state index < -0.39 is 0 Å². The quantitative estimate of drug-likeness (QED) is 0.219. The maximum Gasteiger partial charge on any atom is 0.142 e. The Morgan fingerprint density at radius 3 is 2.50 bits per heavy atom. The standard InChI is InChI=1S/C31H24BrNO.C2H6/c32-21-18-25(31-27(19-21)24-12-5-2-6-14-30(24)34-31)20-15-16-29-26(17-20)23-11-7-8-13-28(23)33(29)22-9-3-1-4-10-22;1-2/h3,5,7-13,15-19H,1-2,4,6,14H2;1-2H3. The Morgan fingerprint density at radius 2 is 1.64 bits per heavy atom. The van der Waals surface area contributed by atoms with Gasteiger partial charge in [-0.15, -0.1) is 0 Å². The highest BCUT2D eigenvalue weighted by molar-refractivity contribution is 9.10. The topological polar surface area (TPSA) is 18.1 Å². The van der Waals surface area contributed by atoms with E-state index in [4.69, 9.17) is 4.42 Å². The van der Waals surface area contributed by atoms with E-state index in [2.05, 4.69) is 105 Å². The molecule has 2 heterocycles. The predicted octanol–water partition coefficient (Wildman–Crippen LogP) is 10.5. The van der Waals surface area contributed by atoms with E-state index in [1.807, 2.05) is 13.8 Å². The molecule has 0 saturated carbocycles. The second-order valence-electron chi connectivity index (χ2n) is 9.26. The molecule has 3 heteroatoms. The number of para-hydroxylation sites is 1. The van der Waals surface area contributed by atoms with Gasteiger partial charge in [0.05, 0.1) is 11.0 Å². The first-order chi connectivity index (χ1) is 17.8. The van der Waals surface area contributed by atoms with Gasteiger partial charge in [-0.3, -0.25) is 0 Å². The van der Waals surface area contributed by atoms with Gasteiger partial charge in [0.15, 0.2) is 0 Å². The lowest BCUT2D eigenvalue weighted by Crippen LogP contribution is -1.96. The molecule has 180 valence electrons. The van der Waals surface area contributed by atoms with Crippen molar-refractivity contribution >= 4 is 60.5 Å². The number of aryl methyl sites for hydroxylation is 1. The SMILES string of the molecule is Brc1cc(-c2ccc3c(c2)c2ccccc2n3C2=CCCC=C2)c2oc3c(c2c1)C=CCCC3.CC. The van der Waals surface area contributed by atoms with Crippen LogP contribution in [0.4, 0.5) is 0 Å². The van der Waals surface area contributed by atoms with Gasteiger partial charge in [-0.2, -0.15) is 0 Å². The molecule has 0 saturated heterocycles. The lowest BCUT2D eigenvalue weighted by molar-refractivity contribution is 0.541. The first-order valence-corrected chi connectivity index (χ1v) is 13.9. The van der Waals surface area contributed by atoms with E-state index in [1.165, 1.54) is 44.0 Å². The Balaban J connectivity index is 0.00000117. The van der Waals surface area contributed by atoms with E-state index in [9.17, 15) is 0 Å². The van der Waals surface area contributed by atoms with Crippen LogP contribution >= 0.6 is 15.9 Å². The van der Waals surface area contributed by atoms with E-state index in [1.54, 1.807) is 0 Å². The molecule has 2 nitrogen and oxygen atoms in total. The molecular weight excluding hydrogens is 506 g/mol. The number of halogens is 1. The number of hydrogen-bond donors (Lipinski definition) is 0. The van der Waals surface area contributed by atoms with Gasteiger partial charge in [-0.05, 0) is 67.7 Å². The summed E-state index contributed by atoms with van der Waals surface area (Å²) in [5, 5.41) is 3.75. The monoisotopic (exact) mass is 535 g/mol. The Bertz CT molecular complexity index is 1690. The number of allylic oxidation sites excluding steroid dienone is 5. The molecule has 2 aliphatic carbocycles. The number of fused-ring (bicyclic) bond motifs is 6. The summed E-state index contributed by atoms with van der Waals surface area (Å²) in [4.78, 5) is 0. The molecular formula is C33H30BrNO. The van der Waals surface area contributed by atoms with Crippen LogP contribution in [0.25, 0.3) is 55.7 Å². The van der Waals surface area contributed by atoms with Gasteiger partial charge < -0.3 is 8.98 Å². The lowest BCUT2D eigenvalue weighted by Gasteiger charge is -2.12. The summed E-state index contributed by atoms with van der Waals surface area (Å²) in [6, 6.07) is 20.0. The van der Waals surface area contributed by atoms with Crippen LogP contribution in [0.3, 0.4) is 0 Å². The summed E-state index contributed by atoms with van der Waals surface area (Å²) in [5.41, 5.74) is 8.30. The average Bonchev–Trinajstić information content (AvgIpc) is 3.34. The van der Waals surface area contributed by atoms with E-state index in [0.717, 1.165) is 53.5 Å². The summed E-state index contributed by atoms with van der Waals surface area (Å²) < 4.78 is 10.00. The first kappa shape index (κ1) is 23.1. The van der Waals surface area contributed by atoms with Gasteiger partial charge in [-0.25, -0.2) is 0 Å². The van der Waals surface area contributed by atoms with Crippen LogP contribution in [0.5, 0.6) is 0 Å². The number of nitrogens with zero attached hydrogens (tertiary/aromatic N) is 1. The molecule has 0 atom stereocenters. The highest BCUT2D eigenvalue weighted by Crippen LogP contribution is 2.41. The van der Waals surface area contributed by atoms with Gasteiger partial charge in [-0.1, -0.05) is 78.3 Å². The van der Waals surface area contributed by atoms with Crippen LogP contribution in [0.1, 0.15) is 50.9 Å². The van der Waals surface area contributed by atoms with Crippen molar-refractivity contribution in [3.8, 4) is 11.1 Å². The van der Waals surface area contributed by atoms with Crippen LogP contribution in [-0.4, -0.2) is 4.57 Å². The van der Waals surface area contributed by atoms with E-state index in [0.29, 0.717) is 0 Å². The third kappa shape index (κ3) is 3.77. The molecule has 2 aromatic heterocycles. The zero-order valence-corrected chi connectivity index (χ0v) is 22.4. The fourth-order valence-electron chi connectivity index (χ4n) is 5.58. The van der Waals surface area contributed by atoms with Crippen LogP contribution in [0.15, 0.2) is 87.8 Å². The largest absolute Gasteiger partial charge is 0.460 e. The minimum absolute atomic E-state index is 0.987. The second kappa shape index (κ2) is 9.63. The molecule has 0 amide bonds. The van der Waals surface area contributed by atoms with Crippen LogP contribution in [-0.2, 0) is 6.42 Å². The van der Waals surface area contributed by atoms with Gasteiger partial charge in [0.1, 0.15) is 11.3 Å². The van der Waals surface area contributed by atoms with Gasteiger partial charge in [0.25, 0.3) is 0 Å². The molecule has 5 aromatic rings. The molecule has 0 unspecified atom stereocenters. The van der Waals surface area contributed by atoms with Gasteiger partial charge >= 0.3 is 0 Å². The maximum atomic E-state index is 6.52. The van der Waals surface area contributed by atoms with Crippen molar-refractivity contribution in [2.24, 2.45) is 0 Å². The highest BCUT2D eigenvalue weighted by Gasteiger charge is 2.20. The van der Waals surface area contributed by atoms with Crippen molar-refractivity contribution in [1.82, 2.24) is 4.57 Å². The Hall–Kier alpha value is -3.30. The number of furan rings is 1. The zero-order valence-electron chi connectivity index (χ0n) is 20.9. The number of aromatic nitrogens is 1. The summed E-state index contributed by atoms with van der Waals surface area (Å²) in [5.74, 6) is 1.11. The number of rotatable bonds is 2. The molecule has 0 fully saturated rings. The highest BCUT2D eigenvalue weighted by atomic mass is 79.9. The third-order valence-electron chi connectivity index (χ3n) is 7.15. The second-order valence-corrected chi connectivity index (χ2v) is 10.2. The summed E-state index contributed by atoms with van der Waals surface area (Å²) in [6.45, 7) is 4.00. The third-order valence-corrected chi connectivity index (χ3v) is 7.60. The fraction of sp³-hybridized carbons (Fsp3) is 0.212. The van der Waals surface area contributed by atoms with Crippen LogP contribution in [0.2, 0.25) is 0 Å². The molecule has 0 N–H and O–H groups in total. The van der Waals surface area contributed by atoms with Crippen molar-refractivity contribution in [2.45, 2.75) is 46.0 Å². The Morgan fingerprint density at radius 1 is 0.806 bits per heavy atom. The summed E-state index contributed by atoms with van der Waals surface area (Å²) in [7, 11) is 0. The van der Waals surface area contributed by atoms with Crippen molar-refractivity contribution in [1.29, 1.82) is 0 Å². The van der Waals surface area contributed by atoms with Crippen molar-refractivity contribution in [3.63, 3.8) is 0 Å². The van der Waals surface area contributed by atoms with E-state index in [-0.39, 0.29) is 0 Å². The summed E-state index contributed by atoms with van der Waals surface area (Å²) in [6.07, 6.45) is 16.8. The van der Waals surface area contributed by atoms with Crippen LogP contribution in [0, 0.1) is 0 Å². The Kier molecular flexibility index (Phi) is 6.18.